The molecule has 8 heteroatoms. The zero-order valence-corrected chi connectivity index (χ0v) is 19.7. The van der Waals surface area contributed by atoms with E-state index in [9.17, 15) is 9.59 Å². The summed E-state index contributed by atoms with van der Waals surface area (Å²) in [6.45, 7) is 3.89. The molecule has 0 spiro atoms. The van der Waals surface area contributed by atoms with Gasteiger partial charge in [-0.2, -0.15) is 0 Å². The molecule has 2 heterocycles. The van der Waals surface area contributed by atoms with Gasteiger partial charge in [-0.1, -0.05) is 47.5 Å². The Kier molecular flexibility index (Phi) is 6.74. The number of aromatic nitrogens is 2. The van der Waals surface area contributed by atoms with Crippen molar-refractivity contribution in [2.75, 3.05) is 18.4 Å². The number of piperidine rings is 1. The highest BCUT2D eigenvalue weighted by Crippen LogP contribution is 2.28. The Hall–Kier alpha value is -2.54. The van der Waals surface area contributed by atoms with Gasteiger partial charge in [-0.15, -0.1) is 0 Å². The van der Waals surface area contributed by atoms with Crippen molar-refractivity contribution in [1.82, 2.24) is 14.3 Å². The molecule has 6 nitrogen and oxygen atoms in total. The van der Waals surface area contributed by atoms with Gasteiger partial charge < -0.3 is 5.32 Å². The predicted molar refractivity (Wildman–Crippen MR) is 129 cm³/mol. The zero-order valence-electron chi connectivity index (χ0n) is 18.1. The van der Waals surface area contributed by atoms with Crippen LogP contribution in [-0.2, 0) is 18.4 Å². The molecule has 1 fully saturated rings. The largest absolute Gasteiger partial charge is 0.320 e. The third-order valence-corrected chi connectivity index (χ3v) is 6.83. The summed E-state index contributed by atoms with van der Waals surface area (Å²) in [5.74, 6) is -0.347. The van der Waals surface area contributed by atoms with Crippen LogP contribution < -0.4 is 10.9 Å². The van der Waals surface area contributed by atoms with E-state index in [1.807, 2.05) is 62.5 Å². The fourth-order valence-corrected chi connectivity index (χ4v) is 4.77. The molecule has 0 aliphatic carbocycles. The van der Waals surface area contributed by atoms with E-state index in [0.717, 1.165) is 30.6 Å². The lowest BCUT2D eigenvalue weighted by Gasteiger charge is -2.32. The predicted octanol–water partition coefficient (Wildman–Crippen LogP) is 4.64. The third kappa shape index (κ3) is 4.49. The van der Waals surface area contributed by atoms with Gasteiger partial charge in [0.2, 0.25) is 5.91 Å². The molecule has 0 bridgehead atoms. The summed E-state index contributed by atoms with van der Waals surface area (Å²) in [4.78, 5) is 28.4. The second-order valence-electron chi connectivity index (χ2n) is 8.20. The number of benzene rings is 2. The van der Waals surface area contributed by atoms with E-state index in [-0.39, 0.29) is 17.4 Å². The standard InChI is InChI=1S/C24H26Cl2N4O2/c1-16-22(24(32)30(28(16)2)18-9-4-3-5-10-18)27-23(31)17-8-7-13-29(14-17)15-19-20(25)11-6-12-21(19)26/h3-6,9-12,17H,7-8,13-15H2,1-2H3,(H,27,31). The number of carbonyl (C=O) groups is 1. The van der Waals surface area contributed by atoms with Gasteiger partial charge in [0.25, 0.3) is 5.56 Å². The molecule has 0 saturated carbocycles. The Morgan fingerprint density at radius 3 is 2.47 bits per heavy atom. The van der Waals surface area contributed by atoms with Crippen LogP contribution in [0.2, 0.25) is 10.0 Å². The SMILES string of the molecule is Cc1c(NC(=O)C2CCCN(Cc3c(Cl)cccc3Cl)C2)c(=O)n(-c2ccccc2)n1C. The van der Waals surface area contributed by atoms with Crippen LogP contribution in [0, 0.1) is 12.8 Å². The van der Waals surface area contributed by atoms with E-state index >= 15 is 0 Å². The molecule has 4 rings (SSSR count). The third-order valence-electron chi connectivity index (χ3n) is 6.12. The molecule has 32 heavy (non-hydrogen) atoms. The van der Waals surface area contributed by atoms with Gasteiger partial charge >= 0.3 is 0 Å². The maximum Gasteiger partial charge on any atom is 0.295 e. The van der Waals surface area contributed by atoms with E-state index in [1.54, 1.807) is 9.36 Å². The van der Waals surface area contributed by atoms with Crippen LogP contribution in [0.25, 0.3) is 5.69 Å². The Morgan fingerprint density at radius 2 is 1.78 bits per heavy atom. The van der Waals surface area contributed by atoms with Crippen molar-refractivity contribution in [2.45, 2.75) is 26.3 Å². The fraction of sp³-hybridized carbons (Fsp3) is 0.333. The molecule has 1 atom stereocenters. The van der Waals surface area contributed by atoms with Crippen molar-refractivity contribution >= 4 is 34.8 Å². The number of nitrogens with one attached hydrogen (secondary N) is 1. The quantitative estimate of drug-likeness (QED) is 0.588. The first kappa shape index (κ1) is 22.6. The van der Waals surface area contributed by atoms with Crippen LogP contribution in [0.1, 0.15) is 24.1 Å². The highest BCUT2D eigenvalue weighted by atomic mass is 35.5. The highest BCUT2D eigenvalue weighted by molar-refractivity contribution is 6.35. The molecule has 1 saturated heterocycles. The van der Waals surface area contributed by atoms with Gasteiger partial charge in [0, 0.05) is 35.7 Å². The molecule has 1 amide bonds. The number of carbonyl (C=O) groups excluding carboxylic acids is 1. The van der Waals surface area contributed by atoms with Crippen molar-refractivity contribution in [3.63, 3.8) is 0 Å². The molecule has 3 aromatic rings. The molecular weight excluding hydrogens is 447 g/mol. The Morgan fingerprint density at radius 1 is 1.09 bits per heavy atom. The lowest BCUT2D eigenvalue weighted by Crippen LogP contribution is -2.40. The van der Waals surface area contributed by atoms with E-state index in [4.69, 9.17) is 23.2 Å². The number of para-hydroxylation sites is 1. The van der Waals surface area contributed by atoms with Gasteiger partial charge in [-0.3, -0.25) is 19.2 Å². The lowest BCUT2D eigenvalue weighted by molar-refractivity contribution is -0.121. The van der Waals surface area contributed by atoms with Gasteiger partial charge in [0.15, 0.2) is 0 Å². The molecule has 2 aromatic carbocycles. The van der Waals surface area contributed by atoms with Crippen LogP contribution in [0.3, 0.4) is 0 Å². The average Bonchev–Trinajstić information content (AvgIpc) is 3.00. The second kappa shape index (κ2) is 9.53. The summed E-state index contributed by atoms with van der Waals surface area (Å²) >= 11 is 12.7. The normalized spacial score (nSPS) is 16.8. The Balaban J connectivity index is 1.50. The number of rotatable bonds is 5. The van der Waals surface area contributed by atoms with Gasteiger partial charge in [-0.25, -0.2) is 4.68 Å². The minimum absolute atomic E-state index is 0.133. The molecule has 168 valence electrons. The maximum absolute atomic E-state index is 13.1. The summed E-state index contributed by atoms with van der Waals surface area (Å²) in [6, 6.07) is 14.9. The monoisotopic (exact) mass is 472 g/mol. The Labute approximate surface area is 197 Å². The zero-order chi connectivity index (χ0) is 22.8. The minimum Gasteiger partial charge on any atom is -0.320 e. The molecular formula is C24H26Cl2N4O2. The number of halogens is 2. The van der Waals surface area contributed by atoms with Crippen LogP contribution in [0.4, 0.5) is 5.69 Å². The Bertz CT molecular complexity index is 1170. The molecule has 1 aliphatic rings. The topological polar surface area (TPSA) is 59.3 Å². The number of hydrogen-bond donors (Lipinski definition) is 1. The first-order valence-electron chi connectivity index (χ1n) is 10.7. The highest BCUT2D eigenvalue weighted by Gasteiger charge is 2.28. The first-order chi connectivity index (χ1) is 15.4. The smallest absolute Gasteiger partial charge is 0.295 e. The summed E-state index contributed by atoms with van der Waals surface area (Å²) in [5.41, 5.74) is 2.43. The van der Waals surface area contributed by atoms with Crippen molar-refractivity contribution in [2.24, 2.45) is 13.0 Å². The molecule has 1 unspecified atom stereocenters. The van der Waals surface area contributed by atoms with E-state index in [0.29, 0.717) is 34.5 Å². The fourth-order valence-electron chi connectivity index (χ4n) is 4.26. The second-order valence-corrected chi connectivity index (χ2v) is 9.01. The van der Waals surface area contributed by atoms with Crippen LogP contribution in [0.5, 0.6) is 0 Å². The molecule has 0 radical (unpaired) electrons. The van der Waals surface area contributed by atoms with Gasteiger partial charge in [0.05, 0.1) is 17.3 Å². The van der Waals surface area contributed by atoms with Crippen LogP contribution in [0.15, 0.2) is 53.3 Å². The molecule has 1 aliphatic heterocycles. The number of nitrogens with zero attached hydrogens (tertiary/aromatic N) is 3. The van der Waals surface area contributed by atoms with Gasteiger partial charge in [0.1, 0.15) is 5.69 Å². The van der Waals surface area contributed by atoms with Crippen molar-refractivity contribution < 1.29 is 4.79 Å². The average molecular weight is 473 g/mol. The summed E-state index contributed by atoms with van der Waals surface area (Å²) in [6.07, 6.45) is 1.67. The van der Waals surface area contributed by atoms with Crippen LogP contribution in [-0.4, -0.2) is 33.3 Å². The number of amides is 1. The van der Waals surface area contributed by atoms with E-state index in [2.05, 4.69) is 10.2 Å². The number of hydrogen-bond acceptors (Lipinski definition) is 3. The van der Waals surface area contributed by atoms with E-state index < -0.39 is 0 Å². The summed E-state index contributed by atoms with van der Waals surface area (Å²) < 4.78 is 3.33. The van der Waals surface area contributed by atoms with Gasteiger partial charge in [-0.05, 0) is 50.6 Å². The number of likely N-dealkylation sites (tertiary alicyclic amines) is 1. The first-order valence-corrected chi connectivity index (χ1v) is 11.4. The lowest BCUT2D eigenvalue weighted by atomic mass is 9.96. The van der Waals surface area contributed by atoms with Crippen molar-refractivity contribution in [1.29, 1.82) is 0 Å². The minimum atomic E-state index is -0.236. The maximum atomic E-state index is 13.1. The molecule has 1 N–H and O–H groups in total. The van der Waals surface area contributed by atoms with E-state index in [1.165, 1.54) is 0 Å². The summed E-state index contributed by atoms with van der Waals surface area (Å²) in [5, 5.41) is 4.17. The van der Waals surface area contributed by atoms with Crippen molar-refractivity contribution in [3.8, 4) is 5.69 Å². The van der Waals surface area contributed by atoms with Crippen molar-refractivity contribution in [3.05, 3.63) is 80.2 Å². The summed E-state index contributed by atoms with van der Waals surface area (Å²) in [7, 11) is 1.81. The molecule has 1 aromatic heterocycles. The van der Waals surface area contributed by atoms with Crippen LogP contribution >= 0.6 is 23.2 Å². The number of anilines is 1.